The molecule has 0 atom stereocenters. The molecule has 1 aliphatic rings. The molecular formula is C23H23F6NO3S. The van der Waals surface area contributed by atoms with Crippen LogP contribution in [0.25, 0.3) is 0 Å². The summed E-state index contributed by atoms with van der Waals surface area (Å²) < 4.78 is 102. The Bertz CT molecular complexity index is 1150. The second-order valence-electron chi connectivity index (χ2n) is 9.08. The van der Waals surface area contributed by atoms with Crippen LogP contribution in [0.3, 0.4) is 0 Å². The number of benzene rings is 2. The fraction of sp³-hybridized carbons (Fsp3) is 0.435. The molecule has 0 spiro atoms. The average molecular weight is 507 g/mol. The van der Waals surface area contributed by atoms with Gasteiger partial charge in [0.25, 0.3) is 5.91 Å². The van der Waals surface area contributed by atoms with Gasteiger partial charge in [-0.3, -0.25) is 4.79 Å². The molecule has 0 aromatic heterocycles. The van der Waals surface area contributed by atoms with Crippen LogP contribution in [-0.4, -0.2) is 25.1 Å². The quantitative estimate of drug-likeness (QED) is 0.497. The number of hydrogen-bond donors (Lipinski definition) is 1. The number of amides is 1. The number of halogens is 6. The van der Waals surface area contributed by atoms with Gasteiger partial charge in [0, 0.05) is 11.6 Å². The summed E-state index contributed by atoms with van der Waals surface area (Å²) in [5.74, 6) is -0.624. The van der Waals surface area contributed by atoms with E-state index in [9.17, 15) is 39.6 Å². The fourth-order valence-corrected chi connectivity index (χ4v) is 5.70. The average Bonchev–Trinajstić information content (AvgIpc) is 2.70. The summed E-state index contributed by atoms with van der Waals surface area (Å²) in [6.07, 6.45) is -8.08. The lowest BCUT2D eigenvalue weighted by atomic mass is 9.75. The van der Waals surface area contributed by atoms with Crippen molar-refractivity contribution in [2.75, 3.05) is 0 Å². The standard InChI is InChI=1S/C23H23F6NO3S/c1-21(2,34(32,33)19-5-3-4-17(12-19)23(27,28)29)13-14-10-18(11-14)30-20(31)15-6-8-16(9-7-15)22(24,25)26/h3-9,12,14,18H,10-11,13H2,1-2H3,(H,30,31). The zero-order valence-corrected chi connectivity index (χ0v) is 19.1. The number of sulfone groups is 1. The highest BCUT2D eigenvalue weighted by molar-refractivity contribution is 7.92. The second-order valence-corrected chi connectivity index (χ2v) is 11.7. The first kappa shape index (κ1) is 26.1. The topological polar surface area (TPSA) is 63.2 Å². The number of alkyl halides is 6. The van der Waals surface area contributed by atoms with E-state index in [1.807, 2.05) is 0 Å². The minimum absolute atomic E-state index is 0.0731. The van der Waals surface area contributed by atoms with E-state index in [1.165, 1.54) is 13.8 Å². The number of nitrogens with one attached hydrogen (secondary N) is 1. The molecule has 1 fully saturated rings. The molecule has 4 nitrogen and oxygen atoms in total. The number of hydrogen-bond acceptors (Lipinski definition) is 3. The predicted octanol–water partition coefficient (Wildman–Crippen LogP) is 5.88. The van der Waals surface area contributed by atoms with Crippen molar-refractivity contribution in [2.45, 2.75) is 61.1 Å². The molecule has 2 aromatic carbocycles. The summed E-state index contributed by atoms with van der Waals surface area (Å²) in [6, 6.07) is 7.17. The van der Waals surface area contributed by atoms with Crippen molar-refractivity contribution in [1.82, 2.24) is 5.32 Å². The molecule has 0 saturated heterocycles. The van der Waals surface area contributed by atoms with Crippen LogP contribution in [0.1, 0.15) is 54.6 Å². The van der Waals surface area contributed by atoms with Crippen molar-refractivity contribution in [3.05, 3.63) is 65.2 Å². The summed E-state index contributed by atoms with van der Waals surface area (Å²) in [5, 5.41) is 2.71. The van der Waals surface area contributed by atoms with Gasteiger partial charge in [-0.05, 0) is 81.5 Å². The smallest absolute Gasteiger partial charge is 0.349 e. The van der Waals surface area contributed by atoms with Crippen LogP contribution in [0.15, 0.2) is 53.4 Å². The Hall–Kier alpha value is -2.56. The van der Waals surface area contributed by atoms with E-state index in [0.717, 1.165) is 42.5 Å². The third kappa shape index (κ3) is 5.56. The Balaban J connectivity index is 1.59. The van der Waals surface area contributed by atoms with E-state index in [4.69, 9.17) is 0 Å². The molecule has 2 aromatic rings. The maximum atomic E-state index is 13.0. The molecule has 186 valence electrons. The van der Waals surface area contributed by atoms with Crippen molar-refractivity contribution >= 4 is 15.7 Å². The summed E-state index contributed by atoms with van der Waals surface area (Å²) in [4.78, 5) is 11.9. The van der Waals surface area contributed by atoms with Gasteiger partial charge in [0.05, 0.1) is 20.8 Å². The monoisotopic (exact) mass is 507 g/mol. The predicted molar refractivity (Wildman–Crippen MR) is 113 cm³/mol. The minimum Gasteiger partial charge on any atom is -0.349 e. The lowest BCUT2D eigenvalue weighted by molar-refractivity contribution is -0.138. The third-order valence-electron chi connectivity index (χ3n) is 6.02. The molecule has 0 bridgehead atoms. The molecule has 0 aliphatic heterocycles. The normalized spacial score (nSPS) is 19.4. The maximum absolute atomic E-state index is 13.0. The van der Waals surface area contributed by atoms with Crippen molar-refractivity contribution in [3.63, 3.8) is 0 Å². The highest BCUT2D eigenvalue weighted by atomic mass is 32.2. The van der Waals surface area contributed by atoms with E-state index < -0.39 is 48.9 Å². The molecule has 11 heteroatoms. The maximum Gasteiger partial charge on any atom is 0.416 e. The molecule has 1 N–H and O–H groups in total. The zero-order valence-electron chi connectivity index (χ0n) is 18.3. The Labute approximate surface area is 193 Å². The molecule has 0 heterocycles. The molecule has 34 heavy (non-hydrogen) atoms. The largest absolute Gasteiger partial charge is 0.416 e. The Kier molecular flexibility index (Phi) is 6.82. The van der Waals surface area contributed by atoms with Gasteiger partial charge < -0.3 is 5.32 Å². The lowest BCUT2D eigenvalue weighted by Crippen LogP contribution is -2.47. The van der Waals surface area contributed by atoms with Gasteiger partial charge >= 0.3 is 12.4 Å². The highest BCUT2D eigenvalue weighted by Crippen LogP contribution is 2.40. The summed E-state index contributed by atoms with van der Waals surface area (Å²) in [6.45, 7) is 2.91. The van der Waals surface area contributed by atoms with Crippen LogP contribution < -0.4 is 5.32 Å². The highest BCUT2D eigenvalue weighted by Gasteiger charge is 2.42. The minimum atomic E-state index is -4.66. The van der Waals surface area contributed by atoms with Crippen LogP contribution in [-0.2, 0) is 22.2 Å². The number of carbonyl (C=O) groups excluding carboxylic acids is 1. The van der Waals surface area contributed by atoms with E-state index in [0.29, 0.717) is 18.9 Å². The first-order valence-electron chi connectivity index (χ1n) is 10.4. The van der Waals surface area contributed by atoms with Gasteiger partial charge in [-0.25, -0.2) is 8.42 Å². The third-order valence-corrected chi connectivity index (χ3v) is 8.52. The Morgan fingerprint density at radius 2 is 1.47 bits per heavy atom. The van der Waals surface area contributed by atoms with Crippen LogP contribution in [0.5, 0.6) is 0 Å². The molecule has 3 rings (SSSR count). The molecule has 1 saturated carbocycles. The molecule has 0 unspecified atom stereocenters. The van der Waals surface area contributed by atoms with E-state index in [2.05, 4.69) is 5.32 Å². The first-order valence-corrected chi connectivity index (χ1v) is 11.9. The molecule has 0 radical (unpaired) electrons. The van der Waals surface area contributed by atoms with Crippen LogP contribution in [0, 0.1) is 5.92 Å². The zero-order chi connectivity index (χ0) is 25.5. The van der Waals surface area contributed by atoms with Gasteiger partial charge in [0.2, 0.25) is 0 Å². The van der Waals surface area contributed by atoms with Gasteiger partial charge in [0.1, 0.15) is 0 Å². The lowest BCUT2D eigenvalue weighted by Gasteiger charge is -2.40. The van der Waals surface area contributed by atoms with E-state index >= 15 is 0 Å². The van der Waals surface area contributed by atoms with Gasteiger partial charge in [-0.15, -0.1) is 0 Å². The van der Waals surface area contributed by atoms with Crippen molar-refractivity contribution in [1.29, 1.82) is 0 Å². The van der Waals surface area contributed by atoms with Gasteiger partial charge in [-0.2, -0.15) is 26.3 Å². The Morgan fingerprint density at radius 3 is 2.00 bits per heavy atom. The van der Waals surface area contributed by atoms with Gasteiger partial charge in [0.15, 0.2) is 9.84 Å². The molecule has 1 amide bonds. The summed E-state index contributed by atoms with van der Waals surface area (Å²) in [5.41, 5.74) is -1.83. The van der Waals surface area contributed by atoms with E-state index in [-0.39, 0.29) is 23.9 Å². The van der Waals surface area contributed by atoms with Crippen molar-refractivity contribution < 1.29 is 39.6 Å². The van der Waals surface area contributed by atoms with Crippen LogP contribution >= 0.6 is 0 Å². The van der Waals surface area contributed by atoms with Crippen molar-refractivity contribution in [2.24, 2.45) is 5.92 Å². The summed E-state index contributed by atoms with van der Waals surface area (Å²) in [7, 11) is -4.07. The molecular weight excluding hydrogens is 484 g/mol. The first-order chi connectivity index (χ1) is 15.5. The van der Waals surface area contributed by atoms with Gasteiger partial charge in [-0.1, -0.05) is 6.07 Å². The van der Waals surface area contributed by atoms with Crippen LogP contribution in [0.2, 0.25) is 0 Å². The number of rotatable bonds is 6. The summed E-state index contributed by atoms with van der Waals surface area (Å²) >= 11 is 0. The fourth-order valence-electron chi connectivity index (χ4n) is 4.06. The molecule has 1 aliphatic carbocycles. The SMILES string of the molecule is CC(C)(CC1CC(NC(=O)c2ccc(C(F)(F)F)cc2)C1)S(=O)(=O)c1cccc(C(F)(F)F)c1. The Morgan fingerprint density at radius 1 is 0.912 bits per heavy atom. The second kappa shape index (κ2) is 8.90. The van der Waals surface area contributed by atoms with Crippen LogP contribution in [0.4, 0.5) is 26.3 Å². The number of carbonyl (C=O) groups is 1. The van der Waals surface area contributed by atoms with E-state index in [1.54, 1.807) is 0 Å². The van der Waals surface area contributed by atoms with Crippen molar-refractivity contribution in [3.8, 4) is 0 Å².